The normalized spacial score (nSPS) is 19.2. The minimum absolute atomic E-state index is 0.151. The monoisotopic (exact) mass is 364 g/mol. The Morgan fingerprint density at radius 3 is 2.81 bits per heavy atom. The van der Waals surface area contributed by atoms with Gasteiger partial charge in [0.25, 0.3) is 0 Å². The van der Waals surface area contributed by atoms with Gasteiger partial charge in [-0.05, 0) is 57.4 Å². The van der Waals surface area contributed by atoms with E-state index in [-0.39, 0.29) is 11.9 Å². The van der Waals surface area contributed by atoms with Crippen molar-refractivity contribution in [2.75, 3.05) is 18.4 Å². The highest BCUT2D eigenvalue weighted by molar-refractivity contribution is 5.86. The van der Waals surface area contributed by atoms with E-state index in [2.05, 4.69) is 39.6 Å². The molecule has 1 unspecified atom stereocenters. The molecule has 2 heterocycles. The Balaban J connectivity index is 1.36. The Morgan fingerprint density at radius 2 is 1.96 bits per heavy atom. The van der Waals surface area contributed by atoms with Gasteiger partial charge in [0, 0.05) is 24.3 Å². The average molecular weight is 364 g/mol. The molecule has 0 bridgehead atoms. The van der Waals surface area contributed by atoms with E-state index in [1.807, 2.05) is 17.9 Å². The number of hydrogen-bond acceptors (Lipinski definition) is 4. The van der Waals surface area contributed by atoms with Crippen LogP contribution in [0.2, 0.25) is 0 Å². The molecule has 4 rings (SSSR count). The van der Waals surface area contributed by atoms with Gasteiger partial charge in [-0.1, -0.05) is 30.3 Å². The van der Waals surface area contributed by atoms with E-state index in [1.165, 1.54) is 29.7 Å². The number of likely N-dealkylation sites (tertiary alicyclic amines) is 1. The number of aryl methyl sites for hydroxylation is 3. The topological polar surface area (TPSA) is 58.1 Å². The number of nitrogens with zero attached hydrogens (tertiary/aromatic N) is 3. The fourth-order valence-electron chi connectivity index (χ4n) is 4.22. The predicted molar refractivity (Wildman–Crippen MR) is 107 cm³/mol. The summed E-state index contributed by atoms with van der Waals surface area (Å²) in [6.07, 6.45) is 7.28. The van der Waals surface area contributed by atoms with Gasteiger partial charge in [0.2, 0.25) is 5.91 Å². The average Bonchev–Trinajstić information content (AvgIpc) is 3.02. The van der Waals surface area contributed by atoms with Crippen molar-refractivity contribution in [3.05, 3.63) is 53.0 Å². The highest BCUT2D eigenvalue weighted by Gasteiger charge is 2.32. The number of hydrogen-bond donors (Lipinski definition) is 1. The zero-order valence-electron chi connectivity index (χ0n) is 16.1. The molecule has 2 aromatic rings. The summed E-state index contributed by atoms with van der Waals surface area (Å²) in [5, 5.41) is 3.46. The highest BCUT2D eigenvalue weighted by atomic mass is 16.2. The second-order valence-corrected chi connectivity index (χ2v) is 7.65. The Labute approximate surface area is 161 Å². The van der Waals surface area contributed by atoms with E-state index >= 15 is 0 Å². The Hall–Kier alpha value is -2.43. The predicted octanol–water partition coefficient (Wildman–Crippen LogP) is 3.31. The molecule has 1 amide bonds. The number of fused-ring (bicyclic) bond motifs is 1. The van der Waals surface area contributed by atoms with Gasteiger partial charge in [-0.2, -0.15) is 0 Å². The molecule has 1 fully saturated rings. The Bertz CT molecular complexity index is 805. The highest BCUT2D eigenvalue weighted by Crippen LogP contribution is 2.27. The Morgan fingerprint density at radius 1 is 1.15 bits per heavy atom. The molecule has 1 aromatic carbocycles. The van der Waals surface area contributed by atoms with Crippen LogP contribution in [-0.4, -0.2) is 39.9 Å². The van der Waals surface area contributed by atoms with E-state index < -0.39 is 0 Å². The first-order chi connectivity index (χ1) is 13.2. The second-order valence-electron chi connectivity index (χ2n) is 7.65. The van der Waals surface area contributed by atoms with Crippen LogP contribution in [0.3, 0.4) is 0 Å². The number of aromatic nitrogens is 2. The molecule has 2 aliphatic rings. The van der Waals surface area contributed by atoms with E-state index in [0.717, 1.165) is 56.8 Å². The number of anilines is 1. The van der Waals surface area contributed by atoms with Crippen molar-refractivity contribution in [2.24, 2.45) is 0 Å². The smallest absolute Gasteiger partial charge is 0.245 e. The number of carbonyl (C=O) groups is 1. The van der Waals surface area contributed by atoms with Crippen LogP contribution in [0.15, 0.2) is 30.3 Å². The number of benzene rings is 1. The standard InChI is InChI=1S/C22H28N4O/c1-16-23-19-12-6-5-11-18(19)21(24-16)25-20-13-15-26(22(20)27)14-7-10-17-8-3-2-4-9-17/h2-4,8-9,20H,5-7,10-15H2,1H3,(H,23,24,25). The van der Waals surface area contributed by atoms with Gasteiger partial charge >= 0.3 is 0 Å². The van der Waals surface area contributed by atoms with Crippen LogP contribution >= 0.6 is 0 Å². The summed E-state index contributed by atoms with van der Waals surface area (Å²) in [5.74, 6) is 1.90. The molecule has 0 saturated carbocycles. The van der Waals surface area contributed by atoms with Gasteiger partial charge in [-0.3, -0.25) is 4.79 Å². The van der Waals surface area contributed by atoms with Crippen molar-refractivity contribution in [2.45, 2.75) is 57.9 Å². The molecule has 27 heavy (non-hydrogen) atoms. The summed E-state index contributed by atoms with van der Waals surface area (Å²) in [7, 11) is 0. The maximum absolute atomic E-state index is 12.8. The molecule has 1 aliphatic heterocycles. The molecule has 1 saturated heterocycles. The minimum Gasteiger partial charge on any atom is -0.358 e. The molecule has 142 valence electrons. The van der Waals surface area contributed by atoms with Crippen LogP contribution in [0.5, 0.6) is 0 Å². The molecule has 5 nitrogen and oxygen atoms in total. The summed E-state index contributed by atoms with van der Waals surface area (Å²) in [6.45, 7) is 3.59. The number of amides is 1. The van der Waals surface area contributed by atoms with E-state index in [1.54, 1.807) is 0 Å². The molecule has 0 radical (unpaired) electrons. The van der Waals surface area contributed by atoms with E-state index in [0.29, 0.717) is 0 Å². The van der Waals surface area contributed by atoms with Crippen LogP contribution in [0.25, 0.3) is 0 Å². The second kappa shape index (κ2) is 8.07. The molecule has 5 heteroatoms. The first kappa shape index (κ1) is 18.0. The lowest BCUT2D eigenvalue weighted by molar-refractivity contribution is -0.128. The van der Waals surface area contributed by atoms with Gasteiger partial charge < -0.3 is 10.2 Å². The van der Waals surface area contributed by atoms with Crippen molar-refractivity contribution < 1.29 is 4.79 Å². The molecular formula is C22H28N4O. The third-order valence-electron chi connectivity index (χ3n) is 5.64. The van der Waals surface area contributed by atoms with Crippen LogP contribution in [0.1, 0.15) is 48.3 Å². The molecular weight excluding hydrogens is 336 g/mol. The zero-order valence-corrected chi connectivity index (χ0v) is 16.1. The first-order valence-corrected chi connectivity index (χ1v) is 10.2. The zero-order chi connectivity index (χ0) is 18.6. The van der Waals surface area contributed by atoms with Crippen molar-refractivity contribution in [1.29, 1.82) is 0 Å². The third-order valence-corrected chi connectivity index (χ3v) is 5.64. The van der Waals surface area contributed by atoms with Crippen molar-refractivity contribution in [3.8, 4) is 0 Å². The molecule has 1 atom stereocenters. The third kappa shape index (κ3) is 4.12. The maximum atomic E-state index is 12.8. The van der Waals surface area contributed by atoms with Crippen molar-refractivity contribution in [3.63, 3.8) is 0 Å². The summed E-state index contributed by atoms with van der Waals surface area (Å²) in [4.78, 5) is 24.1. The van der Waals surface area contributed by atoms with Crippen molar-refractivity contribution >= 4 is 11.7 Å². The first-order valence-electron chi connectivity index (χ1n) is 10.2. The van der Waals surface area contributed by atoms with Crippen LogP contribution in [0.4, 0.5) is 5.82 Å². The minimum atomic E-state index is -0.151. The van der Waals surface area contributed by atoms with E-state index in [9.17, 15) is 4.79 Å². The number of carbonyl (C=O) groups excluding carboxylic acids is 1. The van der Waals surface area contributed by atoms with Gasteiger partial charge in [0.05, 0.1) is 0 Å². The van der Waals surface area contributed by atoms with Gasteiger partial charge in [0.1, 0.15) is 17.7 Å². The fraction of sp³-hybridized carbons (Fsp3) is 0.500. The number of nitrogens with one attached hydrogen (secondary N) is 1. The van der Waals surface area contributed by atoms with Crippen LogP contribution < -0.4 is 5.32 Å². The fourth-order valence-corrected chi connectivity index (χ4v) is 4.22. The van der Waals surface area contributed by atoms with E-state index in [4.69, 9.17) is 0 Å². The lowest BCUT2D eigenvalue weighted by Gasteiger charge is -2.22. The lowest BCUT2D eigenvalue weighted by atomic mass is 9.96. The largest absolute Gasteiger partial charge is 0.358 e. The van der Waals surface area contributed by atoms with Gasteiger partial charge in [-0.15, -0.1) is 0 Å². The van der Waals surface area contributed by atoms with Crippen molar-refractivity contribution in [1.82, 2.24) is 14.9 Å². The summed E-state index contributed by atoms with van der Waals surface area (Å²) in [5.41, 5.74) is 3.73. The van der Waals surface area contributed by atoms with Crippen LogP contribution in [-0.2, 0) is 24.1 Å². The molecule has 0 spiro atoms. The molecule has 1 aromatic heterocycles. The Kier molecular flexibility index (Phi) is 5.37. The molecule has 1 N–H and O–H groups in total. The number of rotatable bonds is 6. The summed E-state index contributed by atoms with van der Waals surface area (Å²) < 4.78 is 0. The van der Waals surface area contributed by atoms with Gasteiger partial charge in [-0.25, -0.2) is 9.97 Å². The van der Waals surface area contributed by atoms with Crippen LogP contribution in [0, 0.1) is 6.92 Å². The maximum Gasteiger partial charge on any atom is 0.245 e. The quantitative estimate of drug-likeness (QED) is 0.854. The summed E-state index contributed by atoms with van der Waals surface area (Å²) >= 11 is 0. The molecule has 1 aliphatic carbocycles. The SMILES string of the molecule is Cc1nc2c(c(NC3CCN(CCCc4ccccc4)C3=O)n1)CCCC2. The van der Waals surface area contributed by atoms with Gasteiger partial charge in [0.15, 0.2) is 0 Å². The lowest BCUT2D eigenvalue weighted by Crippen LogP contribution is -2.35. The summed E-state index contributed by atoms with van der Waals surface area (Å²) in [6, 6.07) is 10.3.